The summed E-state index contributed by atoms with van der Waals surface area (Å²) in [6.45, 7) is 1.85. The second-order valence-corrected chi connectivity index (χ2v) is 4.77. The zero-order valence-electron chi connectivity index (χ0n) is 10.5. The Morgan fingerprint density at radius 3 is 2.68 bits per heavy atom. The smallest absolute Gasteiger partial charge is 0.326 e. The third-order valence-corrected chi connectivity index (χ3v) is 3.35. The van der Waals surface area contributed by atoms with Crippen molar-refractivity contribution in [3.05, 3.63) is 29.3 Å². The largest absolute Gasteiger partial charge is 0.480 e. The van der Waals surface area contributed by atoms with Crippen LogP contribution in [0.5, 0.6) is 0 Å². The van der Waals surface area contributed by atoms with Crippen molar-refractivity contribution < 1.29 is 19.8 Å². The van der Waals surface area contributed by atoms with Crippen LogP contribution in [-0.4, -0.2) is 45.7 Å². The number of anilines is 1. The molecule has 0 aromatic heterocycles. The summed E-state index contributed by atoms with van der Waals surface area (Å²) in [5.74, 6) is -1.53. The van der Waals surface area contributed by atoms with Crippen molar-refractivity contribution in [2.75, 3.05) is 12.3 Å². The van der Waals surface area contributed by atoms with Crippen LogP contribution >= 0.6 is 0 Å². The minimum Gasteiger partial charge on any atom is -0.480 e. The number of nitrogens with two attached hydrogens (primary N) is 1. The highest BCUT2D eigenvalue weighted by Crippen LogP contribution is 2.22. The van der Waals surface area contributed by atoms with Gasteiger partial charge in [-0.1, -0.05) is 6.07 Å². The molecule has 19 heavy (non-hydrogen) atoms. The predicted molar refractivity (Wildman–Crippen MR) is 68.7 cm³/mol. The van der Waals surface area contributed by atoms with Gasteiger partial charge in [0.1, 0.15) is 6.04 Å². The predicted octanol–water partition coefficient (Wildman–Crippen LogP) is 0.237. The van der Waals surface area contributed by atoms with Crippen molar-refractivity contribution >= 4 is 17.6 Å². The van der Waals surface area contributed by atoms with Gasteiger partial charge in [-0.05, 0) is 24.6 Å². The number of aliphatic hydroxyl groups excluding tert-OH is 1. The topological polar surface area (TPSA) is 104 Å². The van der Waals surface area contributed by atoms with Crippen LogP contribution in [0.2, 0.25) is 0 Å². The number of aryl methyl sites for hydroxylation is 1. The molecule has 4 N–H and O–H groups in total. The summed E-state index contributed by atoms with van der Waals surface area (Å²) < 4.78 is 0. The fraction of sp³-hybridized carbons (Fsp3) is 0.385. The molecule has 1 fully saturated rings. The number of amides is 1. The highest BCUT2D eigenvalue weighted by molar-refractivity contribution is 5.97. The van der Waals surface area contributed by atoms with Crippen molar-refractivity contribution in [3.8, 4) is 0 Å². The number of carbonyl (C=O) groups is 2. The monoisotopic (exact) mass is 264 g/mol. The molecule has 0 aliphatic carbocycles. The van der Waals surface area contributed by atoms with Crippen LogP contribution in [0.1, 0.15) is 22.3 Å². The van der Waals surface area contributed by atoms with Crippen molar-refractivity contribution in [3.63, 3.8) is 0 Å². The number of β-amino-alcohol motifs (C(OH)–C–C–N with tert-alkyl or cyclic N) is 1. The fourth-order valence-electron chi connectivity index (χ4n) is 2.21. The van der Waals surface area contributed by atoms with E-state index >= 15 is 0 Å². The van der Waals surface area contributed by atoms with E-state index in [0.717, 1.165) is 5.56 Å². The summed E-state index contributed by atoms with van der Waals surface area (Å²) in [5, 5.41) is 18.6. The number of carbonyl (C=O) groups excluding carboxylic acids is 1. The number of carboxylic acid groups (broad SMARTS) is 1. The van der Waals surface area contributed by atoms with Gasteiger partial charge in [-0.25, -0.2) is 4.79 Å². The molecule has 0 saturated carbocycles. The van der Waals surface area contributed by atoms with Gasteiger partial charge in [-0.15, -0.1) is 0 Å². The molecule has 1 aromatic rings. The molecule has 0 spiro atoms. The summed E-state index contributed by atoms with van der Waals surface area (Å²) in [6.07, 6.45) is -0.740. The molecule has 0 bridgehead atoms. The van der Waals surface area contributed by atoms with E-state index in [0.29, 0.717) is 11.3 Å². The summed E-state index contributed by atoms with van der Waals surface area (Å²) in [5.41, 5.74) is 7.42. The Hall–Kier alpha value is -2.08. The normalized spacial score (nSPS) is 22.5. The number of nitrogens with zero attached hydrogens (tertiary/aromatic N) is 1. The molecule has 1 heterocycles. The molecule has 102 valence electrons. The molecule has 6 nitrogen and oxygen atoms in total. The third kappa shape index (κ3) is 2.53. The third-order valence-electron chi connectivity index (χ3n) is 3.35. The summed E-state index contributed by atoms with van der Waals surface area (Å²) in [7, 11) is 0. The van der Waals surface area contributed by atoms with Crippen molar-refractivity contribution in [2.24, 2.45) is 0 Å². The number of aliphatic carboxylic acids is 1. The maximum Gasteiger partial charge on any atom is 0.326 e. The van der Waals surface area contributed by atoms with E-state index in [1.165, 1.54) is 11.0 Å². The lowest BCUT2D eigenvalue weighted by atomic mass is 10.1. The molecule has 1 saturated heterocycles. The average molecular weight is 264 g/mol. The Morgan fingerprint density at radius 1 is 1.42 bits per heavy atom. The van der Waals surface area contributed by atoms with Gasteiger partial charge in [0.2, 0.25) is 0 Å². The van der Waals surface area contributed by atoms with E-state index in [4.69, 9.17) is 10.8 Å². The van der Waals surface area contributed by atoms with Crippen molar-refractivity contribution in [1.82, 2.24) is 4.90 Å². The standard InChI is InChI=1S/C13H16N2O4/c1-7-2-3-8(4-10(7)14)12(17)15-6-9(16)5-11(15)13(18)19/h2-4,9,11,16H,5-6,14H2,1H3,(H,18,19)/t9-,11+/m1/s1. The maximum absolute atomic E-state index is 12.3. The van der Waals surface area contributed by atoms with Crippen LogP contribution in [0.3, 0.4) is 0 Å². The number of rotatable bonds is 2. The lowest BCUT2D eigenvalue weighted by molar-refractivity contribution is -0.141. The molecular weight excluding hydrogens is 248 g/mol. The molecule has 1 aliphatic rings. The molecule has 0 unspecified atom stereocenters. The molecule has 2 rings (SSSR count). The van der Waals surface area contributed by atoms with E-state index in [1.54, 1.807) is 12.1 Å². The zero-order valence-corrected chi connectivity index (χ0v) is 10.5. The van der Waals surface area contributed by atoms with E-state index < -0.39 is 24.0 Å². The summed E-state index contributed by atoms with van der Waals surface area (Å²) in [6, 6.07) is 3.87. The number of nitrogen functional groups attached to an aromatic ring is 1. The number of hydrogen-bond acceptors (Lipinski definition) is 4. The number of hydrogen-bond donors (Lipinski definition) is 3. The van der Waals surface area contributed by atoms with Crippen LogP contribution in [0.15, 0.2) is 18.2 Å². The number of likely N-dealkylation sites (tertiary alicyclic amines) is 1. The minimum absolute atomic E-state index is 0.0313. The number of carboxylic acids is 1. The fourth-order valence-corrected chi connectivity index (χ4v) is 2.21. The van der Waals surface area contributed by atoms with E-state index in [2.05, 4.69) is 0 Å². The first-order chi connectivity index (χ1) is 8.90. The van der Waals surface area contributed by atoms with Gasteiger partial charge in [0.25, 0.3) is 5.91 Å². The van der Waals surface area contributed by atoms with Crippen molar-refractivity contribution in [2.45, 2.75) is 25.5 Å². The van der Waals surface area contributed by atoms with E-state index in [1.807, 2.05) is 6.92 Å². The lowest BCUT2D eigenvalue weighted by Crippen LogP contribution is -2.40. The van der Waals surface area contributed by atoms with Crippen LogP contribution in [0, 0.1) is 6.92 Å². The summed E-state index contributed by atoms with van der Waals surface area (Å²) >= 11 is 0. The molecule has 6 heteroatoms. The number of aliphatic hydroxyl groups is 1. The van der Waals surface area contributed by atoms with E-state index in [-0.39, 0.29) is 13.0 Å². The first kappa shape index (κ1) is 13.4. The molecule has 0 radical (unpaired) electrons. The lowest BCUT2D eigenvalue weighted by Gasteiger charge is -2.21. The van der Waals surface area contributed by atoms with Gasteiger partial charge in [-0.3, -0.25) is 4.79 Å². The Bertz CT molecular complexity index is 529. The SMILES string of the molecule is Cc1ccc(C(=O)N2C[C@H](O)C[C@H]2C(=O)O)cc1N. The Kier molecular flexibility index (Phi) is 3.44. The highest BCUT2D eigenvalue weighted by Gasteiger charge is 2.39. The second-order valence-electron chi connectivity index (χ2n) is 4.77. The van der Waals surface area contributed by atoms with Gasteiger partial charge < -0.3 is 20.8 Å². The first-order valence-electron chi connectivity index (χ1n) is 5.98. The van der Waals surface area contributed by atoms with Gasteiger partial charge in [-0.2, -0.15) is 0 Å². The Balaban J connectivity index is 2.27. The molecular formula is C13H16N2O4. The van der Waals surface area contributed by atoms with Crippen LogP contribution in [0.4, 0.5) is 5.69 Å². The van der Waals surface area contributed by atoms with Crippen molar-refractivity contribution in [1.29, 1.82) is 0 Å². The first-order valence-corrected chi connectivity index (χ1v) is 5.98. The quantitative estimate of drug-likeness (QED) is 0.664. The van der Waals surface area contributed by atoms with Crippen LogP contribution in [-0.2, 0) is 4.79 Å². The summed E-state index contributed by atoms with van der Waals surface area (Å²) in [4.78, 5) is 24.5. The second kappa shape index (κ2) is 4.89. The Labute approximate surface area is 110 Å². The average Bonchev–Trinajstić information content (AvgIpc) is 2.74. The molecule has 1 amide bonds. The molecule has 1 aromatic carbocycles. The van der Waals surface area contributed by atoms with Gasteiger partial charge in [0.05, 0.1) is 6.10 Å². The minimum atomic E-state index is -1.11. The van der Waals surface area contributed by atoms with Crippen LogP contribution in [0.25, 0.3) is 0 Å². The molecule has 2 atom stereocenters. The Morgan fingerprint density at radius 2 is 2.11 bits per heavy atom. The molecule has 1 aliphatic heterocycles. The van der Waals surface area contributed by atoms with Crippen LogP contribution < -0.4 is 5.73 Å². The van der Waals surface area contributed by atoms with Gasteiger partial charge >= 0.3 is 5.97 Å². The highest BCUT2D eigenvalue weighted by atomic mass is 16.4. The van der Waals surface area contributed by atoms with Gasteiger partial charge in [0, 0.05) is 24.2 Å². The number of benzene rings is 1. The zero-order chi connectivity index (χ0) is 14.2. The maximum atomic E-state index is 12.3. The van der Waals surface area contributed by atoms with Gasteiger partial charge in [0.15, 0.2) is 0 Å². The van der Waals surface area contributed by atoms with E-state index in [9.17, 15) is 14.7 Å².